The second-order valence-corrected chi connectivity index (χ2v) is 15.5. The Morgan fingerprint density at radius 1 is 0.889 bits per heavy atom. The minimum atomic E-state index is -0.709. The Hall–Kier alpha value is -4.79. The SMILES string of the molecule is C=Cc1c(C)c2cc3nc(c4c5[nH]c(cc6nc(cc1[nH]2)C(C)=C6CC)c(C)c5C(=O)C4)[C@@H](CCC(=O)NCCCCCCCCCCCC(=O)O)[C@@H]3C. The number of unbranched alkanes of at least 4 members (excludes halogenated alkanes) is 8. The van der Waals surface area contributed by atoms with Crippen molar-refractivity contribution < 1.29 is 19.5 Å². The number of carbonyl (C=O) groups is 3. The molecule has 3 aromatic rings. The van der Waals surface area contributed by atoms with Crippen LogP contribution in [-0.4, -0.2) is 49.2 Å². The number of carbonyl (C=O) groups excluding carboxylic acids is 2. The fraction of sp³-hybridized carbons (Fsp3) is 0.489. The van der Waals surface area contributed by atoms with Crippen LogP contribution < -0.4 is 5.32 Å². The molecule has 1 amide bonds. The Morgan fingerprint density at radius 3 is 2.24 bits per heavy atom. The summed E-state index contributed by atoms with van der Waals surface area (Å²) >= 11 is 0. The van der Waals surface area contributed by atoms with Crippen molar-refractivity contribution in [1.82, 2.24) is 25.3 Å². The van der Waals surface area contributed by atoms with Crippen LogP contribution in [0.15, 0.2) is 24.8 Å². The maximum atomic E-state index is 13.7. The second kappa shape index (κ2) is 17.1. The zero-order valence-corrected chi connectivity index (χ0v) is 32.8. The normalized spacial score (nSPS) is 16.4. The van der Waals surface area contributed by atoms with Gasteiger partial charge in [-0.05, 0) is 86.9 Å². The molecule has 0 spiro atoms. The molecule has 54 heavy (non-hydrogen) atoms. The van der Waals surface area contributed by atoms with E-state index < -0.39 is 5.97 Å². The van der Waals surface area contributed by atoms with E-state index in [9.17, 15) is 14.4 Å². The highest BCUT2D eigenvalue weighted by atomic mass is 16.4. The van der Waals surface area contributed by atoms with E-state index in [-0.39, 0.29) is 29.9 Å². The third-order valence-corrected chi connectivity index (χ3v) is 11.9. The summed E-state index contributed by atoms with van der Waals surface area (Å²) in [6, 6.07) is 6.35. The van der Waals surface area contributed by atoms with E-state index in [1.54, 1.807) is 0 Å². The minimum Gasteiger partial charge on any atom is -0.481 e. The number of Topliss-reactive ketones (excluding diaryl/α,β-unsaturated/α-hetero) is 1. The largest absolute Gasteiger partial charge is 0.481 e. The van der Waals surface area contributed by atoms with Gasteiger partial charge < -0.3 is 20.4 Å². The van der Waals surface area contributed by atoms with Gasteiger partial charge in [0.05, 0.1) is 22.6 Å². The number of rotatable bonds is 17. The average Bonchev–Trinajstić information content (AvgIpc) is 3.89. The fourth-order valence-corrected chi connectivity index (χ4v) is 8.67. The van der Waals surface area contributed by atoms with E-state index in [2.05, 4.69) is 67.8 Å². The predicted octanol–water partition coefficient (Wildman–Crippen LogP) is 10.4. The lowest BCUT2D eigenvalue weighted by molar-refractivity contribution is -0.137. The zero-order chi connectivity index (χ0) is 38.5. The molecule has 0 saturated heterocycles. The molecule has 3 aromatic heterocycles. The monoisotopic (exact) mass is 731 g/mol. The summed E-state index contributed by atoms with van der Waals surface area (Å²) in [4.78, 5) is 55.2. The number of aromatic nitrogens is 4. The van der Waals surface area contributed by atoms with Crippen LogP contribution in [0.3, 0.4) is 0 Å². The van der Waals surface area contributed by atoms with Crippen molar-refractivity contribution in [2.24, 2.45) is 0 Å². The lowest BCUT2D eigenvalue weighted by Gasteiger charge is -2.17. The number of allylic oxidation sites excluding steroid dienone is 2. The van der Waals surface area contributed by atoms with E-state index in [4.69, 9.17) is 15.1 Å². The summed E-state index contributed by atoms with van der Waals surface area (Å²) in [5.74, 6) is -0.518. The molecule has 6 rings (SSSR count). The average molecular weight is 732 g/mol. The number of ketones is 1. The third kappa shape index (κ3) is 8.15. The van der Waals surface area contributed by atoms with Crippen LogP contribution in [0.2, 0.25) is 0 Å². The van der Waals surface area contributed by atoms with Crippen LogP contribution in [0.5, 0.6) is 0 Å². The molecule has 0 fully saturated rings. The van der Waals surface area contributed by atoms with Gasteiger partial charge in [0.25, 0.3) is 0 Å². The number of hydrogen-bond donors (Lipinski definition) is 4. The lowest BCUT2D eigenvalue weighted by Crippen LogP contribution is -2.24. The van der Waals surface area contributed by atoms with E-state index in [0.29, 0.717) is 25.8 Å². The molecule has 286 valence electrons. The number of hydrogen-bond acceptors (Lipinski definition) is 5. The molecule has 5 heterocycles. The van der Waals surface area contributed by atoms with Gasteiger partial charge in [0.15, 0.2) is 5.78 Å². The molecule has 2 aliphatic heterocycles. The number of amides is 1. The van der Waals surface area contributed by atoms with Crippen molar-refractivity contribution in [3.63, 3.8) is 0 Å². The first-order valence-corrected chi connectivity index (χ1v) is 20.1. The molecule has 8 bridgehead atoms. The number of aromatic amines is 2. The highest BCUT2D eigenvalue weighted by Crippen LogP contribution is 2.44. The Bertz CT molecular complexity index is 2150. The minimum absolute atomic E-state index is 0.0139. The first kappa shape index (κ1) is 38.9. The van der Waals surface area contributed by atoms with Gasteiger partial charge in [-0.1, -0.05) is 71.4 Å². The molecular formula is C45H57N5O4. The molecule has 9 heteroatoms. The molecule has 3 aliphatic rings. The smallest absolute Gasteiger partial charge is 0.303 e. The Balaban J connectivity index is 1.23. The molecule has 1 aliphatic carbocycles. The molecule has 4 N–H and O–H groups in total. The van der Waals surface area contributed by atoms with Crippen molar-refractivity contribution in [2.75, 3.05) is 6.54 Å². The van der Waals surface area contributed by atoms with Crippen LogP contribution in [0.4, 0.5) is 0 Å². The van der Waals surface area contributed by atoms with Gasteiger partial charge in [0.2, 0.25) is 5.91 Å². The quantitative estimate of drug-likeness (QED) is 0.102. The first-order valence-electron chi connectivity index (χ1n) is 20.1. The van der Waals surface area contributed by atoms with Crippen molar-refractivity contribution in [3.05, 3.63) is 75.4 Å². The highest BCUT2D eigenvalue weighted by Gasteiger charge is 2.36. The molecule has 9 nitrogen and oxygen atoms in total. The maximum Gasteiger partial charge on any atom is 0.303 e. The summed E-state index contributed by atoms with van der Waals surface area (Å²) in [5.41, 5.74) is 14.5. The van der Waals surface area contributed by atoms with Crippen molar-refractivity contribution in [3.8, 4) is 0 Å². The topological polar surface area (TPSA) is 141 Å². The van der Waals surface area contributed by atoms with E-state index in [1.807, 2.05) is 13.0 Å². The van der Waals surface area contributed by atoms with Crippen LogP contribution >= 0.6 is 0 Å². The number of fused-ring (bicyclic) bond motifs is 8. The Labute approximate surface area is 319 Å². The highest BCUT2D eigenvalue weighted by molar-refractivity contribution is 6.13. The number of nitrogens with zero attached hydrogens (tertiary/aromatic N) is 2. The molecule has 0 aromatic carbocycles. The third-order valence-electron chi connectivity index (χ3n) is 11.9. The van der Waals surface area contributed by atoms with Crippen LogP contribution in [0, 0.1) is 13.8 Å². The van der Waals surface area contributed by atoms with E-state index in [1.165, 1.54) is 18.4 Å². The van der Waals surface area contributed by atoms with Crippen molar-refractivity contribution in [2.45, 2.75) is 136 Å². The Kier molecular flexibility index (Phi) is 12.3. The van der Waals surface area contributed by atoms with Crippen LogP contribution in [0.25, 0.3) is 39.3 Å². The summed E-state index contributed by atoms with van der Waals surface area (Å²) in [6.45, 7) is 15.4. The van der Waals surface area contributed by atoms with Gasteiger partial charge in [-0.15, -0.1) is 0 Å². The van der Waals surface area contributed by atoms with E-state index >= 15 is 0 Å². The van der Waals surface area contributed by atoms with Crippen molar-refractivity contribution >= 4 is 56.9 Å². The number of H-pyrrole nitrogens is 2. The van der Waals surface area contributed by atoms with Crippen molar-refractivity contribution in [1.29, 1.82) is 0 Å². The summed E-state index contributed by atoms with van der Waals surface area (Å²) < 4.78 is 0. The zero-order valence-electron chi connectivity index (χ0n) is 32.8. The van der Waals surface area contributed by atoms with Gasteiger partial charge in [-0.25, -0.2) is 4.98 Å². The molecule has 0 radical (unpaired) electrons. The molecule has 0 unspecified atom stereocenters. The van der Waals surface area contributed by atoms with Crippen LogP contribution in [0.1, 0.15) is 171 Å². The molecule has 2 atom stereocenters. The van der Waals surface area contributed by atoms with Crippen LogP contribution in [-0.2, 0) is 16.0 Å². The predicted molar refractivity (Wildman–Crippen MR) is 219 cm³/mol. The van der Waals surface area contributed by atoms with Gasteiger partial charge in [-0.2, -0.15) is 0 Å². The van der Waals surface area contributed by atoms with Gasteiger partial charge in [-0.3, -0.25) is 19.4 Å². The summed E-state index contributed by atoms with van der Waals surface area (Å²) in [6.07, 6.45) is 13.9. The lowest BCUT2D eigenvalue weighted by atomic mass is 9.85. The number of carboxylic acid groups (broad SMARTS) is 1. The summed E-state index contributed by atoms with van der Waals surface area (Å²) in [7, 11) is 0. The maximum absolute atomic E-state index is 13.7. The first-order chi connectivity index (χ1) is 26.0. The number of carboxylic acids is 1. The number of aryl methyl sites for hydroxylation is 2. The van der Waals surface area contributed by atoms with Gasteiger partial charge in [0.1, 0.15) is 0 Å². The second-order valence-electron chi connectivity index (χ2n) is 15.5. The van der Waals surface area contributed by atoms with Gasteiger partial charge in [0, 0.05) is 76.6 Å². The number of nitrogens with one attached hydrogen (secondary N) is 3. The molecule has 0 saturated carbocycles. The standard InChI is InChI=1S/C45H57N5O4/c1-7-30-26(3)34-23-36-28(5)32(19-20-41(52)46-21-17-15-13-11-9-10-12-14-16-18-42(53)54)44(49-36)33-22-40(51)43-29(6)37(50-45(33)43)25-39-31(8-2)27(4)35(48-39)24-38(30)47-34/h7,23-25,28,32,47,50H,1,8-22H2,2-6H3,(H,46,52)(H,53,54)/t28-,32-/m0/s1. The van der Waals surface area contributed by atoms with Gasteiger partial charge >= 0.3 is 5.97 Å². The fourth-order valence-electron chi connectivity index (χ4n) is 8.67. The number of aliphatic carboxylic acids is 1. The summed E-state index contributed by atoms with van der Waals surface area (Å²) in [5, 5.41) is 11.9. The Morgan fingerprint density at radius 2 is 1.56 bits per heavy atom. The van der Waals surface area contributed by atoms with E-state index in [0.717, 1.165) is 130 Å². The molecular weight excluding hydrogens is 675 g/mol.